The van der Waals surface area contributed by atoms with Gasteiger partial charge in [0.25, 0.3) is 0 Å². The lowest BCUT2D eigenvalue weighted by Gasteiger charge is -2.36. The van der Waals surface area contributed by atoms with Crippen molar-refractivity contribution in [1.29, 1.82) is 0 Å². The van der Waals surface area contributed by atoms with Crippen molar-refractivity contribution < 1.29 is 30.0 Å². The molecule has 12 heteroatoms. The summed E-state index contributed by atoms with van der Waals surface area (Å²) in [6.07, 6.45) is 21.4. The molecule has 0 radical (unpaired) electrons. The maximum atomic E-state index is 12.3. The Bertz CT molecular complexity index is 1960. The molecule has 6 aliphatic heterocycles. The zero-order chi connectivity index (χ0) is 43.0. The molecule has 0 amide bonds. The fourth-order valence-corrected chi connectivity index (χ4v) is 11.5. The van der Waals surface area contributed by atoms with E-state index in [4.69, 9.17) is 14.2 Å². The number of esters is 3. The van der Waals surface area contributed by atoms with Crippen molar-refractivity contribution in [1.82, 2.24) is 30.9 Å². The van der Waals surface area contributed by atoms with Crippen LogP contribution in [0.25, 0.3) is 0 Å². The van der Waals surface area contributed by atoms with Crippen molar-refractivity contribution in [2.75, 3.05) is 21.3 Å². The summed E-state index contributed by atoms with van der Waals surface area (Å²) in [7, 11) is 4.37. The Morgan fingerprint density at radius 3 is 1.22 bits per heavy atom. The van der Waals surface area contributed by atoms with Gasteiger partial charge < -0.3 is 19.5 Å². The van der Waals surface area contributed by atoms with E-state index in [9.17, 15) is 14.4 Å². The molecule has 6 aliphatic rings. The Balaban J connectivity index is 0.000000166. The van der Waals surface area contributed by atoms with Crippen LogP contribution in [-0.2, 0) is 28.6 Å². The van der Waals surface area contributed by atoms with E-state index in [-0.39, 0.29) is 88.1 Å². The molecule has 59 heavy (non-hydrogen) atoms. The van der Waals surface area contributed by atoms with Crippen LogP contribution in [-0.4, -0.2) is 87.4 Å². The molecule has 12 atom stereocenters. The first kappa shape index (κ1) is 43.8. The van der Waals surface area contributed by atoms with Crippen molar-refractivity contribution in [3.63, 3.8) is 0 Å². The molecule has 3 aromatic rings. The minimum Gasteiger partial charge on any atom is -0.469 e. The second-order valence-electron chi connectivity index (χ2n) is 17.8. The van der Waals surface area contributed by atoms with Crippen LogP contribution in [0.3, 0.4) is 0 Å². The Hall–Kier alpha value is -4.78. The summed E-state index contributed by atoms with van der Waals surface area (Å²) in [6, 6.07) is 11.9. The van der Waals surface area contributed by atoms with Crippen LogP contribution in [0, 0.1) is 17.8 Å². The molecule has 4 fully saturated rings. The van der Waals surface area contributed by atoms with Gasteiger partial charge in [0.15, 0.2) is 0 Å². The van der Waals surface area contributed by atoms with Gasteiger partial charge >= 0.3 is 17.9 Å². The molecule has 9 heterocycles. The number of hydrogen-bond donors (Lipinski definition) is 3. The minimum atomic E-state index is -0.345. The summed E-state index contributed by atoms with van der Waals surface area (Å²) in [5, 5.41) is 10.8. The Morgan fingerprint density at radius 1 is 0.525 bits per heavy atom. The molecule has 0 saturated carbocycles. The van der Waals surface area contributed by atoms with E-state index >= 15 is 0 Å². The van der Waals surface area contributed by atoms with Crippen molar-refractivity contribution in [3.8, 4) is 0 Å². The minimum absolute atomic E-state index is 0. The van der Waals surface area contributed by atoms with E-state index in [2.05, 4.69) is 89.0 Å². The van der Waals surface area contributed by atoms with Crippen molar-refractivity contribution >= 4 is 17.9 Å². The van der Waals surface area contributed by atoms with Crippen LogP contribution in [0.1, 0.15) is 104 Å². The van der Waals surface area contributed by atoms with Gasteiger partial charge in [0.05, 0.1) is 39.1 Å². The first-order valence-corrected chi connectivity index (χ1v) is 20.7. The molecule has 12 nitrogen and oxygen atoms in total. The molecule has 6 bridgehead atoms. The molecule has 9 rings (SSSR count). The number of carbonyl (C=O) groups is 3. The maximum Gasteiger partial charge on any atom is 0.311 e. The third kappa shape index (κ3) is 7.52. The number of hydrogen-bond acceptors (Lipinski definition) is 12. The van der Waals surface area contributed by atoms with Gasteiger partial charge in [-0.1, -0.05) is 56.4 Å². The molecule has 4 saturated heterocycles. The normalized spacial score (nSPS) is 38.6. The van der Waals surface area contributed by atoms with Gasteiger partial charge in [-0.15, -0.1) is 0 Å². The monoisotopic (exact) mass is 808 g/mol. The van der Waals surface area contributed by atoms with Crippen LogP contribution in [0.4, 0.5) is 0 Å². The number of nitrogens with one attached hydrogen (secondary N) is 3. The summed E-state index contributed by atoms with van der Waals surface area (Å²) in [5.41, 5.74) is 1.91. The van der Waals surface area contributed by atoms with Crippen molar-refractivity contribution in [2.45, 2.75) is 119 Å². The predicted octanol–water partition coefficient (Wildman–Crippen LogP) is 6.43. The standard InChI is InChI=1S/C15H20N2O2.2C15H18N2O2.C2H6.H2/c3*1-14-6-7-15(2,17-14)12(13(18)19-3)11(14)10-5-4-8-16-9-10;1-2;/h4-5,8-9,11-12,17H,6-7H2,1-3H3;2*4-9,11-12,17H,1-3H3;1-2H3;1H/t3*11?,12?,14-,15+;;/m111../s1. The number of rotatable bonds is 6. The smallest absolute Gasteiger partial charge is 0.311 e. The number of fused-ring (bicyclic) bond motifs is 6. The highest BCUT2D eigenvalue weighted by Crippen LogP contribution is 2.57. The van der Waals surface area contributed by atoms with Crippen LogP contribution in [0.2, 0.25) is 0 Å². The number of pyridine rings is 3. The van der Waals surface area contributed by atoms with E-state index < -0.39 is 0 Å². The molecule has 0 aliphatic carbocycles. The number of aromatic nitrogens is 3. The largest absolute Gasteiger partial charge is 0.469 e. The topological polar surface area (TPSA) is 154 Å². The van der Waals surface area contributed by atoms with E-state index in [0.29, 0.717) is 0 Å². The zero-order valence-corrected chi connectivity index (χ0v) is 36.4. The molecule has 0 spiro atoms. The maximum absolute atomic E-state index is 12.3. The fourth-order valence-electron chi connectivity index (χ4n) is 11.5. The Morgan fingerprint density at radius 2 is 0.864 bits per heavy atom. The third-order valence-electron chi connectivity index (χ3n) is 13.8. The van der Waals surface area contributed by atoms with Gasteiger partial charge in [-0.05, 0) is 89.3 Å². The average molecular weight is 809 g/mol. The van der Waals surface area contributed by atoms with Crippen molar-refractivity contribution in [2.24, 2.45) is 17.8 Å². The van der Waals surface area contributed by atoms with Crippen LogP contribution < -0.4 is 16.0 Å². The Labute approximate surface area is 350 Å². The predicted molar refractivity (Wildman–Crippen MR) is 228 cm³/mol. The van der Waals surface area contributed by atoms with Crippen LogP contribution in [0.5, 0.6) is 0 Å². The number of ether oxygens (including phenoxy) is 3. The summed E-state index contributed by atoms with van der Waals surface area (Å²) < 4.78 is 15.1. The number of nitrogens with zero attached hydrogens (tertiary/aromatic N) is 3. The van der Waals surface area contributed by atoms with Crippen LogP contribution in [0.15, 0.2) is 97.9 Å². The van der Waals surface area contributed by atoms with Gasteiger partial charge in [0, 0.05) is 89.6 Å². The molecule has 3 aromatic heterocycles. The lowest BCUT2D eigenvalue weighted by Crippen LogP contribution is -2.43. The molecular weight excluding hydrogens is 745 g/mol. The average Bonchev–Trinajstić information content (AvgIpc) is 4.03. The number of methoxy groups -OCH3 is 3. The first-order chi connectivity index (χ1) is 28.0. The molecular formula is C47H64N6O6. The molecule has 6 unspecified atom stereocenters. The second kappa shape index (κ2) is 16.3. The van der Waals surface area contributed by atoms with Gasteiger partial charge in [0.2, 0.25) is 0 Å². The first-order valence-electron chi connectivity index (χ1n) is 20.7. The molecule has 0 aromatic carbocycles. The van der Waals surface area contributed by atoms with E-state index in [1.54, 1.807) is 18.6 Å². The Kier molecular flexibility index (Phi) is 12.1. The highest BCUT2D eigenvalue weighted by molar-refractivity contribution is 5.79. The summed E-state index contributed by atoms with van der Waals surface area (Å²) >= 11 is 0. The molecule has 318 valence electrons. The quantitative estimate of drug-likeness (QED) is 0.143. The molecule has 3 N–H and O–H groups in total. The van der Waals surface area contributed by atoms with Gasteiger partial charge in [0.1, 0.15) is 0 Å². The summed E-state index contributed by atoms with van der Waals surface area (Å²) in [6.45, 7) is 16.7. The fraction of sp³-hybridized carbons (Fsp3) is 0.532. The lowest BCUT2D eigenvalue weighted by molar-refractivity contribution is -0.149. The van der Waals surface area contributed by atoms with Gasteiger partial charge in [-0.2, -0.15) is 0 Å². The van der Waals surface area contributed by atoms with Crippen LogP contribution >= 0.6 is 0 Å². The highest BCUT2D eigenvalue weighted by atomic mass is 16.5. The zero-order valence-electron chi connectivity index (χ0n) is 36.4. The SMILES string of the molecule is CC.COC(=O)C1C(c2cccnc2)[C@@]2(C)C=C[C@]1(C)N2.COC(=O)C1C(c2cccnc2)[C@@]2(C)C=C[C@]1(C)N2.COC(=O)C1C(c2cccnc2)[C@@]2(C)CC[C@]1(C)N2.[HH]. The van der Waals surface area contributed by atoms with Gasteiger partial charge in [-0.3, -0.25) is 40.0 Å². The lowest BCUT2D eigenvalue weighted by atomic mass is 9.65. The number of carbonyl (C=O) groups excluding carboxylic acids is 3. The van der Waals surface area contributed by atoms with E-state index in [0.717, 1.165) is 29.5 Å². The summed E-state index contributed by atoms with van der Waals surface area (Å²) in [4.78, 5) is 49.3. The van der Waals surface area contributed by atoms with E-state index in [1.807, 2.05) is 76.6 Å². The van der Waals surface area contributed by atoms with Crippen molar-refractivity contribution in [3.05, 3.63) is 115 Å². The summed E-state index contributed by atoms with van der Waals surface area (Å²) in [5.74, 6) is -0.824. The second-order valence-corrected chi connectivity index (χ2v) is 17.8. The third-order valence-corrected chi connectivity index (χ3v) is 13.8. The highest BCUT2D eigenvalue weighted by Gasteiger charge is 2.65. The van der Waals surface area contributed by atoms with E-state index in [1.165, 1.54) is 21.3 Å². The van der Waals surface area contributed by atoms with Gasteiger partial charge in [-0.25, -0.2) is 0 Å².